The van der Waals surface area contributed by atoms with Gasteiger partial charge in [0.05, 0.1) is 17.3 Å². The van der Waals surface area contributed by atoms with Crippen LogP contribution >= 0.6 is 0 Å². The second-order valence-corrected chi connectivity index (χ2v) is 5.10. The van der Waals surface area contributed by atoms with Crippen LogP contribution in [0.15, 0.2) is 36.4 Å². The number of hydrogen-bond donors (Lipinski definition) is 3. The number of carbonyl (C=O) groups excluding carboxylic acids is 2. The topological polar surface area (TPSA) is 94.0 Å². The molecule has 0 aliphatic rings. The van der Waals surface area contributed by atoms with E-state index in [2.05, 4.69) is 16.0 Å². The zero-order valence-corrected chi connectivity index (χ0v) is 13.2. The van der Waals surface area contributed by atoms with E-state index in [0.717, 1.165) is 12.1 Å². The summed E-state index contributed by atoms with van der Waals surface area (Å²) in [6.45, 7) is 1.12. The van der Waals surface area contributed by atoms with Crippen molar-refractivity contribution >= 4 is 23.3 Å². The van der Waals surface area contributed by atoms with Crippen molar-refractivity contribution in [2.75, 3.05) is 10.6 Å². The Hall–Kier alpha value is -3.47. The number of nitrogens with one attached hydrogen (secondary N) is 3. The van der Waals surface area contributed by atoms with Crippen molar-refractivity contribution in [2.45, 2.75) is 13.5 Å². The smallest absolute Gasteiger partial charge is 0.319 e. The lowest BCUT2D eigenvalue weighted by Gasteiger charge is -2.11. The zero-order valence-electron chi connectivity index (χ0n) is 13.2. The van der Waals surface area contributed by atoms with Crippen LogP contribution in [0, 0.1) is 23.0 Å². The predicted molar refractivity (Wildman–Crippen MR) is 87.7 cm³/mol. The molecule has 8 heteroatoms. The highest BCUT2D eigenvalue weighted by Crippen LogP contribution is 2.19. The highest BCUT2D eigenvalue weighted by molar-refractivity contribution is 5.92. The fraction of sp³-hybridized carbons (Fsp3) is 0.118. The second kappa shape index (κ2) is 7.88. The van der Waals surface area contributed by atoms with Gasteiger partial charge >= 0.3 is 6.03 Å². The molecule has 0 unspecified atom stereocenters. The first-order chi connectivity index (χ1) is 11.9. The van der Waals surface area contributed by atoms with Gasteiger partial charge in [0.2, 0.25) is 5.91 Å². The number of nitriles is 1. The van der Waals surface area contributed by atoms with E-state index < -0.39 is 17.7 Å². The molecule has 2 aromatic rings. The molecule has 0 fully saturated rings. The van der Waals surface area contributed by atoms with Gasteiger partial charge in [0, 0.05) is 24.7 Å². The Balaban J connectivity index is 2.03. The maximum atomic E-state index is 13.7. The van der Waals surface area contributed by atoms with Crippen LogP contribution in [-0.4, -0.2) is 11.9 Å². The van der Waals surface area contributed by atoms with Gasteiger partial charge in [0.25, 0.3) is 0 Å². The molecule has 0 bridgehead atoms. The van der Waals surface area contributed by atoms with Gasteiger partial charge in [-0.25, -0.2) is 13.6 Å². The molecule has 128 valence electrons. The van der Waals surface area contributed by atoms with Crippen molar-refractivity contribution in [3.63, 3.8) is 0 Å². The summed E-state index contributed by atoms with van der Waals surface area (Å²) in [4.78, 5) is 22.9. The van der Waals surface area contributed by atoms with Gasteiger partial charge in [-0.05, 0) is 36.4 Å². The van der Waals surface area contributed by atoms with Gasteiger partial charge in [0.15, 0.2) is 0 Å². The van der Waals surface area contributed by atoms with E-state index in [0.29, 0.717) is 5.69 Å². The molecule has 3 N–H and O–H groups in total. The second-order valence-electron chi connectivity index (χ2n) is 5.10. The number of hydrogen-bond acceptors (Lipinski definition) is 3. The van der Waals surface area contributed by atoms with E-state index in [4.69, 9.17) is 5.26 Å². The third kappa shape index (κ3) is 5.00. The minimum atomic E-state index is -0.763. The van der Waals surface area contributed by atoms with Crippen LogP contribution in [0.1, 0.15) is 18.1 Å². The van der Waals surface area contributed by atoms with Crippen LogP contribution in [0.25, 0.3) is 0 Å². The lowest BCUT2D eigenvalue weighted by Crippen LogP contribution is -2.29. The molecule has 25 heavy (non-hydrogen) atoms. The molecule has 0 heterocycles. The number of carbonyl (C=O) groups is 2. The minimum Gasteiger partial charge on any atom is -0.334 e. The summed E-state index contributed by atoms with van der Waals surface area (Å²) < 4.78 is 27.4. The molecule has 0 aromatic heterocycles. The molecule has 6 nitrogen and oxygen atoms in total. The quantitative estimate of drug-likeness (QED) is 0.795. The van der Waals surface area contributed by atoms with Crippen LogP contribution in [-0.2, 0) is 11.3 Å². The highest BCUT2D eigenvalue weighted by Gasteiger charge is 2.10. The number of rotatable bonds is 4. The Morgan fingerprint density at radius 3 is 2.48 bits per heavy atom. The summed E-state index contributed by atoms with van der Waals surface area (Å²) in [6.07, 6.45) is 0. The average molecular weight is 344 g/mol. The summed E-state index contributed by atoms with van der Waals surface area (Å²) in [5.74, 6) is -1.60. The molecule has 0 aliphatic heterocycles. The van der Waals surface area contributed by atoms with E-state index in [9.17, 15) is 18.4 Å². The molecule has 3 amide bonds. The fourth-order valence-electron chi connectivity index (χ4n) is 2.02. The van der Waals surface area contributed by atoms with Gasteiger partial charge in [-0.3, -0.25) is 4.79 Å². The molecule has 0 saturated carbocycles. The van der Waals surface area contributed by atoms with Crippen molar-refractivity contribution in [3.05, 3.63) is 59.2 Å². The van der Waals surface area contributed by atoms with Crippen LogP contribution in [0.4, 0.5) is 25.0 Å². The molecule has 2 aromatic carbocycles. The number of benzene rings is 2. The van der Waals surface area contributed by atoms with Gasteiger partial charge in [-0.15, -0.1) is 0 Å². The predicted octanol–water partition coefficient (Wildman–Crippen LogP) is 3.12. The number of nitrogens with zero attached hydrogens (tertiary/aromatic N) is 1. The Kier molecular flexibility index (Phi) is 5.63. The molecular formula is C17H14F2N4O2. The number of amides is 3. The monoisotopic (exact) mass is 344 g/mol. The molecule has 0 aliphatic carbocycles. The fourth-order valence-corrected chi connectivity index (χ4v) is 2.02. The maximum absolute atomic E-state index is 13.7. The summed E-state index contributed by atoms with van der Waals surface area (Å²) in [5, 5.41) is 15.9. The van der Waals surface area contributed by atoms with E-state index in [-0.39, 0.29) is 29.3 Å². The molecule has 0 saturated heterocycles. The third-order valence-corrected chi connectivity index (χ3v) is 3.15. The lowest BCUT2D eigenvalue weighted by atomic mass is 10.1. The average Bonchev–Trinajstić information content (AvgIpc) is 2.56. The van der Waals surface area contributed by atoms with E-state index in [1.54, 1.807) is 0 Å². The van der Waals surface area contributed by atoms with Gasteiger partial charge in [-0.2, -0.15) is 5.26 Å². The Morgan fingerprint density at radius 2 is 1.80 bits per heavy atom. The maximum Gasteiger partial charge on any atom is 0.319 e. The summed E-state index contributed by atoms with van der Waals surface area (Å²) in [6, 6.07) is 8.57. The number of anilines is 2. The summed E-state index contributed by atoms with van der Waals surface area (Å²) >= 11 is 0. The molecule has 2 rings (SSSR count). The zero-order chi connectivity index (χ0) is 18.4. The van der Waals surface area contributed by atoms with E-state index >= 15 is 0 Å². The van der Waals surface area contributed by atoms with Crippen LogP contribution in [0.2, 0.25) is 0 Å². The molecular weight excluding hydrogens is 330 g/mol. The highest BCUT2D eigenvalue weighted by atomic mass is 19.1. The Labute approximate surface area is 142 Å². The van der Waals surface area contributed by atoms with E-state index in [1.807, 2.05) is 6.07 Å². The summed E-state index contributed by atoms with van der Waals surface area (Å²) in [5.41, 5.74) is 0.557. The third-order valence-electron chi connectivity index (χ3n) is 3.15. The van der Waals surface area contributed by atoms with Crippen molar-refractivity contribution in [1.29, 1.82) is 5.26 Å². The molecule has 0 radical (unpaired) electrons. The van der Waals surface area contributed by atoms with Crippen molar-refractivity contribution in [2.24, 2.45) is 0 Å². The Morgan fingerprint density at radius 1 is 1.08 bits per heavy atom. The van der Waals surface area contributed by atoms with Gasteiger partial charge in [-0.1, -0.05) is 0 Å². The molecule has 0 spiro atoms. The summed E-state index contributed by atoms with van der Waals surface area (Å²) in [7, 11) is 0. The first kappa shape index (κ1) is 17.9. The SMILES string of the molecule is CC(=O)Nc1ccc(F)c(NC(=O)NCc2cc(C#N)ccc2F)c1. The normalized spacial score (nSPS) is 9.84. The van der Waals surface area contributed by atoms with Crippen LogP contribution in [0.3, 0.4) is 0 Å². The first-order valence-corrected chi connectivity index (χ1v) is 7.19. The van der Waals surface area contributed by atoms with E-state index in [1.165, 1.54) is 31.2 Å². The van der Waals surface area contributed by atoms with Gasteiger partial charge in [0.1, 0.15) is 11.6 Å². The molecule has 0 atom stereocenters. The number of urea groups is 1. The first-order valence-electron chi connectivity index (χ1n) is 7.19. The van der Waals surface area contributed by atoms with Crippen molar-refractivity contribution < 1.29 is 18.4 Å². The van der Waals surface area contributed by atoms with Crippen molar-refractivity contribution in [3.8, 4) is 6.07 Å². The van der Waals surface area contributed by atoms with Crippen LogP contribution in [0.5, 0.6) is 0 Å². The number of halogens is 2. The minimum absolute atomic E-state index is 0.127. The van der Waals surface area contributed by atoms with Gasteiger partial charge < -0.3 is 16.0 Å². The largest absolute Gasteiger partial charge is 0.334 e. The van der Waals surface area contributed by atoms with Crippen molar-refractivity contribution in [1.82, 2.24) is 5.32 Å². The Bertz CT molecular complexity index is 862. The lowest BCUT2D eigenvalue weighted by molar-refractivity contribution is -0.114. The standard InChI is InChI=1S/C17H14F2N4O2/c1-10(24)22-13-3-5-15(19)16(7-13)23-17(25)21-9-12-6-11(8-20)2-4-14(12)18/h2-7H,9H2,1H3,(H,22,24)(H2,21,23,25). The van der Waals surface area contributed by atoms with Crippen LogP contribution < -0.4 is 16.0 Å².